The molecule has 0 spiro atoms. The number of nitrogens with zero attached hydrogens (tertiary/aromatic N) is 2. The molecular formula is C15H19F3N2O3S. The van der Waals surface area contributed by atoms with Crippen LogP contribution in [0, 0.1) is 11.8 Å². The maximum absolute atomic E-state index is 13.0. The number of carbonyl (C=O) groups excluding carboxylic acids is 1. The highest BCUT2D eigenvalue weighted by Gasteiger charge is 2.53. The second-order valence-electron chi connectivity index (χ2n) is 6.96. The predicted octanol–water partition coefficient (Wildman–Crippen LogP) is 2.70. The van der Waals surface area contributed by atoms with Gasteiger partial charge in [0.2, 0.25) is 5.91 Å². The molecule has 1 aliphatic heterocycles. The number of carboxylic acids is 1. The lowest BCUT2D eigenvalue weighted by Gasteiger charge is -2.18. The molecule has 2 heterocycles. The summed E-state index contributed by atoms with van der Waals surface area (Å²) < 4.78 is 38.9. The van der Waals surface area contributed by atoms with Crippen LogP contribution in [0.3, 0.4) is 0 Å². The monoisotopic (exact) mass is 364 g/mol. The molecule has 2 rings (SSSR count). The first-order valence-corrected chi connectivity index (χ1v) is 8.29. The highest BCUT2D eigenvalue weighted by Crippen LogP contribution is 2.38. The van der Waals surface area contributed by atoms with Crippen molar-refractivity contribution in [3.05, 3.63) is 16.1 Å². The van der Waals surface area contributed by atoms with E-state index in [1.807, 2.05) is 20.8 Å². The van der Waals surface area contributed by atoms with E-state index >= 15 is 0 Å². The minimum Gasteiger partial charge on any atom is -0.481 e. The summed E-state index contributed by atoms with van der Waals surface area (Å²) in [5, 5.41) is 11.5. The van der Waals surface area contributed by atoms with E-state index in [-0.39, 0.29) is 11.8 Å². The molecule has 1 fully saturated rings. The van der Waals surface area contributed by atoms with E-state index in [4.69, 9.17) is 5.11 Å². The summed E-state index contributed by atoms with van der Waals surface area (Å²) in [6, 6.07) is 0. The molecule has 0 aliphatic carbocycles. The summed E-state index contributed by atoms with van der Waals surface area (Å²) >= 11 is 1.40. The number of carbonyl (C=O) groups is 2. The van der Waals surface area contributed by atoms with E-state index in [1.54, 1.807) is 5.38 Å². The molecule has 1 amide bonds. The van der Waals surface area contributed by atoms with Crippen LogP contribution in [0.2, 0.25) is 0 Å². The Morgan fingerprint density at radius 3 is 2.38 bits per heavy atom. The summed E-state index contributed by atoms with van der Waals surface area (Å²) in [7, 11) is 0. The van der Waals surface area contributed by atoms with E-state index in [0.29, 0.717) is 5.69 Å². The zero-order chi connectivity index (χ0) is 18.3. The van der Waals surface area contributed by atoms with Crippen molar-refractivity contribution in [3.8, 4) is 0 Å². The number of thiazole rings is 1. The number of rotatable bonds is 3. The van der Waals surface area contributed by atoms with E-state index in [2.05, 4.69) is 4.98 Å². The van der Waals surface area contributed by atoms with Crippen molar-refractivity contribution in [2.24, 2.45) is 11.8 Å². The average Bonchev–Trinajstić information content (AvgIpc) is 3.02. The lowest BCUT2D eigenvalue weighted by atomic mass is 9.96. The number of halogens is 3. The third-order valence-electron chi connectivity index (χ3n) is 3.94. The molecule has 24 heavy (non-hydrogen) atoms. The number of alkyl halides is 3. The molecule has 1 aromatic heterocycles. The zero-order valence-electron chi connectivity index (χ0n) is 13.6. The zero-order valence-corrected chi connectivity index (χ0v) is 14.4. The molecule has 0 saturated carbocycles. The van der Waals surface area contributed by atoms with E-state index in [0.717, 1.165) is 9.91 Å². The SMILES string of the molecule is CC(C)(C)c1nc(CC(=O)N2C[C@@H](C(F)(F)F)[C@H](C(=O)O)C2)cs1. The van der Waals surface area contributed by atoms with Crippen molar-refractivity contribution >= 4 is 23.2 Å². The van der Waals surface area contributed by atoms with Crippen LogP contribution in [0.5, 0.6) is 0 Å². The van der Waals surface area contributed by atoms with Crippen LogP contribution in [-0.2, 0) is 21.4 Å². The molecule has 0 bridgehead atoms. The van der Waals surface area contributed by atoms with Gasteiger partial charge in [-0.05, 0) is 0 Å². The minimum atomic E-state index is -4.64. The maximum atomic E-state index is 13.0. The molecule has 134 valence electrons. The molecule has 2 atom stereocenters. The summed E-state index contributed by atoms with van der Waals surface area (Å²) in [6.45, 7) is 4.89. The Hall–Kier alpha value is -1.64. The van der Waals surface area contributed by atoms with Gasteiger partial charge in [-0.1, -0.05) is 20.8 Å². The molecule has 1 aliphatic rings. The first-order chi connectivity index (χ1) is 10.9. The summed E-state index contributed by atoms with van der Waals surface area (Å²) in [5.41, 5.74) is 0.326. The standard InChI is InChI=1S/C15H19F3N2O3S/c1-14(2,3)13-19-8(7-24-13)4-11(21)20-5-9(12(22)23)10(6-20)15(16,17)18/h7,9-10H,4-6H2,1-3H3,(H,22,23)/t9-,10-/m1/s1. The van der Waals surface area contributed by atoms with Gasteiger partial charge in [-0.3, -0.25) is 9.59 Å². The second kappa shape index (κ2) is 6.34. The second-order valence-corrected chi connectivity index (χ2v) is 7.82. The van der Waals surface area contributed by atoms with Crippen molar-refractivity contribution in [2.75, 3.05) is 13.1 Å². The number of likely N-dealkylation sites (tertiary alicyclic amines) is 1. The van der Waals surface area contributed by atoms with Gasteiger partial charge in [0.25, 0.3) is 0 Å². The van der Waals surface area contributed by atoms with Gasteiger partial charge >= 0.3 is 12.1 Å². The van der Waals surface area contributed by atoms with Gasteiger partial charge < -0.3 is 10.0 Å². The van der Waals surface area contributed by atoms with Gasteiger partial charge in [0, 0.05) is 23.9 Å². The fraction of sp³-hybridized carbons (Fsp3) is 0.667. The Kier molecular flexibility index (Phi) is 4.94. The molecule has 9 heteroatoms. The third-order valence-corrected chi connectivity index (χ3v) is 5.25. The normalized spacial score (nSPS) is 22.0. The van der Waals surface area contributed by atoms with Gasteiger partial charge in [-0.2, -0.15) is 13.2 Å². The van der Waals surface area contributed by atoms with Crippen LogP contribution in [0.15, 0.2) is 5.38 Å². The first kappa shape index (κ1) is 18.7. The maximum Gasteiger partial charge on any atom is 0.394 e. The highest BCUT2D eigenvalue weighted by molar-refractivity contribution is 7.09. The van der Waals surface area contributed by atoms with Crippen molar-refractivity contribution in [2.45, 2.75) is 38.8 Å². The molecule has 1 N–H and O–H groups in total. The third kappa shape index (κ3) is 4.06. The molecule has 0 unspecified atom stereocenters. The first-order valence-electron chi connectivity index (χ1n) is 7.41. The molecule has 0 aromatic carbocycles. The molecule has 1 aromatic rings. The van der Waals surface area contributed by atoms with Crippen LogP contribution in [0.4, 0.5) is 13.2 Å². The van der Waals surface area contributed by atoms with E-state index in [1.165, 1.54) is 11.3 Å². The van der Waals surface area contributed by atoms with Crippen LogP contribution in [0.25, 0.3) is 0 Å². The number of aromatic nitrogens is 1. The van der Waals surface area contributed by atoms with Crippen molar-refractivity contribution in [1.82, 2.24) is 9.88 Å². The minimum absolute atomic E-state index is 0.122. The highest BCUT2D eigenvalue weighted by atomic mass is 32.1. The fourth-order valence-corrected chi connectivity index (χ4v) is 3.50. The molecule has 0 radical (unpaired) electrons. The average molecular weight is 364 g/mol. The van der Waals surface area contributed by atoms with Gasteiger partial charge in [-0.15, -0.1) is 11.3 Å². The van der Waals surface area contributed by atoms with Crippen LogP contribution in [-0.4, -0.2) is 46.1 Å². The van der Waals surface area contributed by atoms with Crippen LogP contribution >= 0.6 is 11.3 Å². The Morgan fingerprint density at radius 1 is 1.33 bits per heavy atom. The largest absolute Gasteiger partial charge is 0.481 e. The smallest absolute Gasteiger partial charge is 0.394 e. The van der Waals surface area contributed by atoms with Gasteiger partial charge in [0.1, 0.15) is 0 Å². The molecular weight excluding hydrogens is 345 g/mol. The summed E-state index contributed by atoms with van der Waals surface area (Å²) in [5.74, 6) is -5.70. The van der Waals surface area contributed by atoms with Crippen LogP contribution in [0.1, 0.15) is 31.5 Å². The topological polar surface area (TPSA) is 70.5 Å². The Morgan fingerprint density at radius 2 is 1.96 bits per heavy atom. The quantitative estimate of drug-likeness (QED) is 0.895. The van der Waals surface area contributed by atoms with Crippen LogP contribution < -0.4 is 0 Å². The molecule has 1 saturated heterocycles. The Labute approximate surface area is 141 Å². The number of amides is 1. The number of hydrogen-bond acceptors (Lipinski definition) is 4. The lowest BCUT2D eigenvalue weighted by molar-refractivity contribution is -0.188. The van der Waals surface area contributed by atoms with E-state index in [9.17, 15) is 22.8 Å². The molecule has 5 nitrogen and oxygen atoms in total. The Bertz CT molecular complexity index is 637. The van der Waals surface area contributed by atoms with Gasteiger partial charge in [0.05, 0.1) is 29.0 Å². The number of carboxylic acid groups (broad SMARTS) is 1. The lowest BCUT2D eigenvalue weighted by Crippen LogP contribution is -2.34. The summed E-state index contributed by atoms with van der Waals surface area (Å²) in [6.07, 6.45) is -4.76. The van der Waals surface area contributed by atoms with Crippen molar-refractivity contribution < 1.29 is 27.9 Å². The number of hydrogen-bond donors (Lipinski definition) is 1. The Balaban J connectivity index is 2.08. The van der Waals surface area contributed by atoms with Gasteiger partial charge in [0.15, 0.2) is 0 Å². The van der Waals surface area contributed by atoms with Crippen molar-refractivity contribution in [3.63, 3.8) is 0 Å². The van der Waals surface area contributed by atoms with E-state index < -0.39 is 43.0 Å². The van der Waals surface area contributed by atoms with Crippen molar-refractivity contribution in [1.29, 1.82) is 0 Å². The summed E-state index contributed by atoms with van der Waals surface area (Å²) in [4.78, 5) is 28.6. The predicted molar refractivity (Wildman–Crippen MR) is 81.8 cm³/mol. The number of aliphatic carboxylic acids is 1. The van der Waals surface area contributed by atoms with Gasteiger partial charge in [-0.25, -0.2) is 4.98 Å². The fourth-order valence-electron chi connectivity index (χ4n) is 2.59.